The highest BCUT2D eigenvalue weighted by Gasteiger charge is 2.31. The molecule has 0 fully saturated rings. The molecule has 4 N–H and O–H groups in total. The van der Waals surface area contributed by atoms with Gasteiger partial charge in [0.2, 0.25) is 0 Å². The highest BCUT2D eigenvalue weighted by atomic mass is 32.1. The Balaban J connectivity index is 1.49. The van der Waals surface area contributed by atoms with Gasteiger partial charge in [-0.25, -0.2) is 0 Å². The first-order valence-corrected chi connectivity index (χ1v) is 8.70. The summed E-state index contributed by atoms with van der Waals surface area (Å²) >= 11 is 1.67. The number of fused-ring (bicyclic) bond motifs is 1. The number of hydrogen-bond donors (Lipinski definition) is 3. The maximum absolute atomic E-state index is 12.5. The fourth-order valence-electron chi connectivity index (χ4n) is 3.15. The molecule has 0 bridgehead atoms. The van der Waals surface area contributed by atoms with Gasteiger partial charge in [0.25, 0.3) is 5.91 Å². The molecule has 0 spiro atoms. The van der Waals surface area contributed by atoms with Gasteiger partial charge in [0.05, 0.1) is 22.7 Å². The normalized spacial score (nSPS) is 19.2. The average Bonchev–Trinajstić information content (AvgIpc) is 3.28. The smallest absolute Gasteiger partial charge is 0.272 e. The number of aryl methyl sites for hydroxylation is 1. The van der Waals surface area contributed by atoms with Gasteiger partial charge in [-0.05, 0) is 42.7 Å². The number of thiophene rings is 1. The third kappa shape index (κ3) is 2.64. The Morgan fingerprint density at radius 3 is 2.92 bits per heavy atom. The number of nitrogens with zero attached hydrogens (tertiary/aromatic N) is 1. The lowest BCUT2D eigenvalue weighted by Gasteiger charge is -2.17. The van der Waals surface area contributed by atoms with E-state index in [1.807, 2.05) is 24.3 Å². The van der Waals surface area contributed by atoms with Crippen LogP contribution in [0.15, 0.2) is 42.5 Å². The van der Waals surface area contributed by atoms with E-state index in [-0.39, 0.29) is 18.0 Å². The van der Waals surface area contributed by atoms with E-state index < -0.39 is 0 Å². The first-order chi connectivity index (χ1) is 11.6. The van der Waals surface area contributed by atoms with Crippen molar-refractivity contribution in [3.63, 3.8) is 0 Å². The number of carbonyl (C=O) groups is 1. The van der Waals surface area contributed by atoms with Gasteiger partial charge >= 0.3 is 0 Å². The zero-order valence-electron chi connectivity index (χ0n) is 13.2. The number of rotatable bonds is 3. The van der Waals surface area contributed by atoms with Crippen LogP contribution in [0.3, 0.4) is 0 Å². The van der Waals surface area contributed by atoms with Crippen molar-refractivity contribution in [2.45, 2.75) is 25.4 Å². The zero-order chi connectivity index (χ0) is 16.7. The minimum atomic E-state index is -0.195. The van der Waals surface area contributed by atoms with Gasteiger partial charge in [-0.3, -0.25) is 9.89 Å². The van der Waals surface area contributed by atoms with E-state index in [2.05, 4.69) is 34.6 Å². The quantitative estimate of drug-likeness (QED) is 0.686. The van der Waals surface area contributed by atoms with Crippen molar-refractivity contribution in [3.05, 3.63) is 64.2 Å². The molecule has 6 heteroatoms. The Kier molecular flexibility index (Phi) is 3.70. The summed E-state index contributed by atoms with van der Waals surface area (Å²) in [7, 11) is 0. The van der Waals surface area contributed by atoms with Gasteiger partial charge in [-0.2, -0.15) is 5.10 Å². The van der Waals surface area contributed by atoms with Crippen LogP contribution in [0.25, 0.3) is 10.6 Å². The summed E-state index contributed by atoms with van der Waals surface area (Å²) in [6.07, 6.45) is 0.754. The summed E-state index contributed by atoms with van der Waals surface area (Å²) in [6.45, 7) is 2.05. The predicted molar refractivity (Wildman–Crippen MR) is 95.0 cm³/mol. The maximum Gasteiger partial charge on any atom is 0.272 e. The SMILES string of the molecule is Cc1ccc(-c2cc(C(=O)NC3Cc4ccccc4C3N)n[nH]2)s1. The topological polar surface area (TPSA) is 83.8 Å². The minimum Gasteiger partial charge on any atom is -0.346 e. The number of aromatic nitrogens is 2. The van der Waals surface area contributed by atoms with Crippen molar-refractivity contribution in [2.75, 3.05) is 0 Å². The van der Waals surface area contributed by atoms with E-state index >= 15 is 0 Å². The summed E-state index contributed by atoms with van der Waals surface area (Å²) in [6, 6.07) is 13.7. The zero-order valence-corrected chi connectivity index (χ0v) is 14.1. The highest BCUT2D eigenvalue weighted by Crippen LogP contribution is 2.30. The van der Waals surface area contributed by atoms with Gasteiger partial charge in [-0.15, -0.1) is 11.3 Å². The second-order valence-corrected chi connectivity index (χ2v) is 7.37. The van der Waals surface area contributed by atoms with E-state index in [0.717, 1.165) is 22.6 Å². The molecule has 0 saturated heterocycles. The summed E-state index contributed by atoms with van der Waals surface area (Å²) in [5.74, 6) is -0.195. The molecule has 24 heavy (non-hydrogen) atoms. The molecular weight excluding hydrogens is 320 g/mol. The van der Waals surface area contributed by atoms with Crippen LogP contribution in [0.4, 0.5) is 0 Å². The molecule has 122 valence electrons. The largest absolute Gasteiger partial charge is 0.346 e. The lowest BCUT2D eigenvalue weighted by atomic mass is 10.1. The second-order valence-electron chi connectivity index (χ2n) is 6.09. The molecule has 5 nitrogen and oxygen atoms in total. The molecular formula is C18H18N4OS. The van der Waals surface area contributed by atoms with E-state index in [1.165, 1.54) is 10.4 Å². The molecule has 2 aromatic heterocycles. The van der Waals surface area contributed by atoms with E-state index in [1.54, 1.807) is 17.4 Å². The molecule has 2 unspecified atom stereocenters. The number of hydrogen-bond acceptors (Lipinski definition) is 4. The van der Waals surface area contributed by atoms with Crippen LogP contribution in [-0.2, 0) is 6.42 Å². The van der Waals surface area contributed by atoms with E-state index in [4.69, 9.17) is 5.73 Å². The van der Waals surface area contributed by atoms with Crippen molar-refractivity contribution in [1.29, 1.82) is 0 Å². The second kappa shape index (κ2) is 5.89. The van der Waals surface area contributed by atoms with Crippen molar-refractivity contribution in [3.8, 4) is 10.6 Å². The molecule has 4 rings (SSSR count). The molecule has 1 amide bonds. The molecule has 2 heterocycles. The number of amides is 1. The average molecular weight is 338 g/mol. The van der Waals surface area contributed by atoms with Crippen LogP contribution >= 0.6 is 11.3 Å². The highest BCUT2D eigenvalue weighted by molar-refractivity contribution is 7.15. The Morgan fingerprint density at radius 2 is 2.17 bits per heavy atom. The van der Waals surface area contributed by atoms with Crippen LogP contribution in [0.5, 0.6) is 0 Å². The van der Waals surface area contributed by atoms with Crippen LogP contribution < -0.4 is 11.1 Å². The third-order valence-electron chi connectivity index (χ3n) is 4.42. The van der Waals surface area contributed by atoms with Gasteiger partial charge in [-0.1, -0.05) is 24.3 Å². The van der Waals surface area contributed by atoms with Gasteiger partial charge in [0, 0.05) is 4.88 Å². The van der Waals surface area contributed by atoms with E-state index in [9.17, 15) is 4.79 Å². The lowest BCUT2D eigenvalue weighted by molar-refractivity contribution is 0.0928. The Morgan fingerprint density at radius 1 is 1.33 bits per heavy atom. The van der Waals surface area contributed by atoms with Gasteiger partial charge in [0.15, 0.2) is 5.69 Å². The van der Waals surface area contributed by atoms with Crippen LogP contribution in [0.1, 0.15) is 32.5 Å². The predicted octanol–water partition coefficient (Wildman–Crippen LogP) is 2.80. The van der Waals surface area contributed by atoms with Crippen LogP contribution in [0.2, 0.25) is 0 Å². The standard InChI is InChI=1S/C18H18N4OS/c1-10-6-7-16(24-10)13-9-15(22-21-13)18(23)20-14-8-11-4-2-3-5-12(11)17(14)19/h2-7,9,14,17H,8,19H2,1H3,(H,20,23)(H,21,22). The number of H-pyrrole nitrogens is 1. The van der Waals surface area contributed by atoms with Crippen molar-refractivity contribution in [2.24, 2.45) is 5.73 Å². The molecule has 1 aromatic carbocycles. The Bertz CT molecular complexity index is 898. The van der Waals surface area contributed by atoms with Crippen LogP contribution in [0, 0.1) is 6.92 Å². The van der Waals surface area contributed by atoms with Gasteiger partial charge in [0.1, 0.15) is 0 Å². The Hall–Kier alpha value is -2.44. The summed E-state index contributed by atoms with van der Waals surface area (Å²) in [4.78, 5) is 14.8. The molecule has 0 aliphatic heterocycles. The lowest BCUT2D eigenvalue weighted by Crippen LogP contribution is -2.40. The third-order valence-corrected chi connectivity index (χ3v) is 5.45. The minimum absolute atomic E-state index is 0.0981. The first-order valence-electron chi connectivity index (χ1n) is 7.88. The van der Waals surface area contributed by atoms with Crippen molar-refractivity contribution >= 4 is 17.2 Å². The fourth-order valence-corrected chi connectivity index (χ4v) is 3.99. The van der Waals surface area contributed by atoms with Crippen molar-refractivity contribution in [1.82, 2.24) is 15.5 Å². The first kappa shape index (κ1) is 15.1. The molecule has 3 aromatic rings. The number of aromatic amines is 1. The monoisotopic (exact) mass is 338 g/mol. The summed E-state index contributed by atoms with van der Waals surface area (Å²) in [5, 5.41) is 10.1. The molecule has 2 atom stereocenters. The number of carbonyl (C=O) groups excluding carboxylic acids is 1. The van der Waals surface area contributed by atoms with Crippen molar-refractivity contribution < 1.29 is 4.79 Å². The Labute approximate surface area is 143 Å². The fraction of sp³-hybridized carbons (Fsp3) is 0.222. The van der Waals surface area contributed by atoms with E-state index in [0.29, 0.717) is 5.69 Å². The number of benzene rings is 1. The maximum atomic E-state index is 12.5. The molecule has 1 aliphatic rings. The summed E-state index contributed by atoms with van der Waals surface area (Å²) in [5.41, 5.74) is 9.83. The van der Waals surface area contributed by atoms with Crippen LogP contribution in [-0.4, -0.2) is 22.1 Å². The van der Waals surface area contributed by atoms with Gasteiger partial charge < -0.3 is 11.1 Å². The number of nitrogens with two attached hydrogens (primary N) is 1. The number of nitrogens with one attached hydrogen (secondary N) is 2. The molecule has 0 radical (unpaired) electrons. The molecule has 0 saturated carbocycles. The summed E-state index contributed by atoms with van der Waals surface area (Å²) < 4.78 is 0. The molecule has 1 aliphatic carbocycles.